The van der Waals surface area contributed by atoms with Crippen molar-refractivity contribution >= 4 is 5.78 Å². The van der Waals surface area contributed by atoms with Crippen molar-refractivity contribution in [1.82, 2.24) is 4.98 Å². The van der Waals surface area contributed by atoms with Crippen molar-refractivity contribution in [2.24, 2.45) is 0 Å². The van der Waals surface area contributed by atoms with Crippen LogP contribution in [0.5, 0.6) is 0 Å². The fourth-order valence-electron chi connectivity index (χ4n) is 1.87. The summed E-state index contributed by atoms with van der Waals surface area (Å²) in [4.78, 5) is 16.4. The van der Waals surface area contributed by atoms with Gasteiger partial charge in [-0.1, -0.05) is 30.7 Å². The largest absolute Gasteiger partial charge is 0.289 e. The van der Waals surface area contributed by atoms with Crippen LogP contribution in [0.3, 0.4) is 0 Å². The average Bonchev–Trinajstić information content (AvgIpc) is 2.38. The molecular weight excluding hydrogens is 210 g/mol. The highest BCUT2D eigenvalue weighted by molar-refractivity contribution is 6.09. The summed E-state index contributed by atoms with van der Waals surface area (Å²) in [7, 11) is 0. The number of carbonyl (C=O) groups is 1. The molecule has 0 aliphatic heterocycles. The van der Waals surface area contributed by atoms with Crippen molar-refractivity contribution in [3.63, 3.8) is 0 Å². The molecule has 2 rings (SSSR count). The van der Waals surface area contributed by atoms with Gasteiger partial charge in [0, 0.05) is 23.5 Å². The number of carbonyl (C=O) groups excluding carboxylic acids is 1. The summed E-state index contributed by atoms with van der Waals surface area (Å²) in [5, 5.41) is 0. The summed E-state index contributed by atoms with van der Waals surface area (Å²) in [6.07, 6.45) is 4.26. The first kappa shape index (κ1) is 11.5. The molecule has 17 heavy (non-hydrogen) atoms. The van der Waals surface area contributed by atoms with E-state index in [1.807, 2.05) is 38.1 Å². The first-order valence-corrected chi connectivity index (χ1v) is 5.76. The molecule has 0 bridgehead atoms. The zero-order chi connectivity index (χ0) is 12.3. The van der Waals surface area contributed by atoms with Gasteiger partial charge in [0.05, 0.1) is 0 Å². The maximum absolute atomic E-state index is 12.4. The van der Waals surface area contributed by atoms with Gasteiger partial charge in [-0.15, -0.1) is 0 Å². The maximum Gasteiger partial charge on any atom is 0.193 e. The molecule has 1 heterocycles. The standard InChI is InChI=1S/C15H15NO/c1-3-12-10-16-8-7-14(12)15(17)13-6-4-5-11(2)9-13/h4-10H,3H2,1-2H3. The second-order valence-corrected chi connectivity index (χ2v) is 4.08. The predicted molar refractivity (Wildman–Crippen MR) is 68.2 cm³/mol. The molecule has 2 nitrogen and oxygen atoms in total. The van der Waals surface area contributed by atoms with Crippen LogP contribution in [0.4, 0.5) is 0 Å². The van der Waals surface area contributed by atoms with Gasteiger partial charge < -0.3 is 0 Å². The van der Waals surface area contributed by atoms with Crippen LogP contribution >= 0.6 is 0 Å². The van der Waals surface area contributed by atoms with E-state index in [2.05, 4.69) is 4.98 Å². The number of hydrogen-bond donors (Lipinski definition) is 0. The summed E-state index contributed by atoms with van der Waals surface area (Å²) in [6.45, 7) is 4.02. The second kappa shape index (κ2) is 4.91. The van der Waals surface area contributed by atoms with Crippen molar-refractivity contribution in [3.05, 3.63) is 65.0 Å². The molecule has 0 atom stereocenters. The van der Waals surface area contributed by atoms with Crippen LogP contribution in [0.1, 0.15) is 34.0 Å². The minimum Gasteiger partial charge on any atom is -0.289 e. The van der Waals surface area contributed by atoms with Gasteiger partial charge in [0.25, 0.3) is 0 Å². The molecule has 0 aliphatic rings. The third-order valence-electron chi connectivity index (χ3n) is 2.81. The van der Waals surface area contributed by atoms with Crippen LogP contribution in [0, 0.1) is 6.92 Å². The molecule has 1 aromatic carbocycles. The fraction of sp³-hybridized carbons (Fsp3) is 0.200. The molecule has 2 aromatic rings. The van der Waals surface area contributed by atoms with E-state index >= 15 is 0 Å². The summed E-state index contributed by atoms with van der Waals surface area (Å²) in [5.41, 5.74) is 3.60. The van der Waals surface area contributed by atoms with Gasteiger partial charge in [0.2, 0.25) is 0 Å². The first-order chi connectivity index (χ1) is 8.22. The number of aromatic nitrogens is 1. The van der Waals surface area contributed by atoms with Gasteiger partial charge in [-0.3, -0.25) is 9.78 Å². The fourth-order valence-corrected chi connectivity index (χ4v) is 1.87. The lowest BCUT2D eigenvalue weighted by atomic mass is 9.98. The zero-order valence-electron chi connectivity index (χ0n) is 10.1. The molecule has 0 radical (unpaired) electrons. The van der Waals surface area contributed by atoms with E-state index in [1.165, 1.54) is 0 Å². The molecule has 0 N–H and O–H groups in total. The SMILES string of the molecule is CCc1cnccc1C(=O)c1cccc(C)c1. The van der Waals surface area contributed by atoms with E-state index in [4.69, 9.17) is 0 Å². The Morgan fingerprint density at radius 3 is 2.82 bits per heavy atom. The molecule has 0 saturated carbocycles. The highest BCUT2D eigenvalue weighted by Crippen LogP contribution is 2.15. The van der Waals surface area contributed by atoms with Crippen molar-refractivity contribution in [2.75, 3.05) is 0 Å². The Morgan fingerprint density at radius 1 is 1.29 bits per heavy atom. The second-order valence-electron chi connectivity index (χ2n) is 4.08. The molecule has 0 aliphatic carbocycles. The smallest absolute Gasteiger partial charge is 0.193 e. The molecule has 2 heteroatoms. The molecule has 0 amide bonds. The molecular formula is C15H15NO. The van der Waals surface area contributed by atoms with E-state index in [9.17, 15) is 4.79 Å². The van der Waals surface area contributed by atoms with Gasteiger partial charge in [-0.25, -0.2) is 0 Å². The summed E-state index contributed by atoms with van der Waals surface area (Å²) < 4.78 is 0. The van der Waals surface area contributed by atoms with Gasteiger partial charge in [-0.2, -0.15) is 0 Å². The zero-order valence-corrected chi connectivity index (χ0v) is 10.1. The molecule has 0 saturated heterocycles. The summed E-state index contributed by atoms with van der Waals surface area (Å²) in [6, 6.07) is 9.47. The summed E-state index contributed by atoms with van der Waals surface area (Å²) >= 11 is 0. The lowest BCUT2D eigenvalue weighted by molar-refractivity contribution is 0.103. The normalized spacial score (nSPS) is 10.2. The van der Waals surface area contributed by atoms with Crippen LogP contribution in [-0.2, 0) is 6.42 Å². The average molecular weight is 225 g/mol. The van der Waals surface area contributed by atoms with Gasteiger partial charge in [-0.05, 0) is 31.0 Å². The maximum atomic E-state index is 12.4. The number of hydrogen-bond acceptors (Lipinski definition) is 2. The molecule has 0 spiro atoms. The van der Waals surface area contributed by atoms with E-state index in [0.29, 0.717) is 0 Å². The van der Waals surface area contributed by atoms with Crippen molar-refractivity contribution in [3.8, 4) is 0 Å². The lowest BCUT2D eigenvalue weighted by Gasteiger charge is -2.06. The van der Waals surface area contributed by atoms with Gasteiger partial charge in [0.1, 0.15) is 0 Å². The Labute approximate surface area is 101 Å². The monoisotopic (exact) mass is 225 g/mol. The Kier molecular flexibility index (Phi) is 3.33. The Balaban J connectivity index is 2.44. The Hall–Kier alpha value is -1.96. The van der Waals surface area contributed by atoms with Crippen LogP contribution in [0.15, 0.2) is 42.7 Å². The van der Waals surface area contributed by atoms with E-state index in [-0.39, 0.29) is 5.78 Å². The highest BCUT2D eigenvalue weighted by atomic mass is 16.1. The van der Waals surface area contributed by atoms with Crippen LogP contribution in [0.25, 0.3) is 0 Å². The van der Waals surface area contributed by atoms with E-state index in [0.717, 1.165) is 28.7 Å². The minimum atomic E-state index is 0.0768. The number of benzene rings is 1. The van der Waals surface area contributed by atoms with Crippen molar-refractivity contribution in [2.45, 2.75) is 20.3 Å². The highest BCUT2D eigenvalue weighted by Gasteiger charge is 2.12. The Morgan fingerprint density at radius 2 is 2.12 bits per heavy atom. The summed E-state index contributed by atoms with van der Waals surface area (Å²) in [5.74, 6) is 0.0768. The third-order valence-corrected chi connectivity index (χ3v) is 2.81. The quantitative estimate of drug-likeness (QED) is 0.751. The van der Waals surface area contributed by atoms with Crippen molar-refractivity contribution in [1.29, 1.82) is 0 Å². The van der Waals surface area contributed by atoms with Crippen LogP contribution in [0.2, 0.25) is 0 Å². The van der Waals surface area contributed by atoms with E-state index in [1.54, 1.807) is 18.5 Å². The number of nitrogens with zero attached hydrogens (tertiary/aromatic N) is 1. The van der Waals surface area contributed by atoms with E-state index < -0.39 is 0 Å². The van der Waals surface area contributed by atoms with Crippen LogP contribution in [-0.4, -0.2) is 10.8 Å². The molecule has 86 valence electrons. The van der Waals surface area contributed by atoms with Crippen LogP contribution < -0.4 is 0 Å². The first-order valence-electron chi connectivity index (χ1n) is 5.76. The number of aryl methyl sites for hydroxylation is 2. The Bertz CT molecular complexity index is 546. The van der Waals surface area contributed by atoms with Crippen molar-refractivity contribution < 1.29 is 4.79 Å². The lowest BCUT2D eigenvalue weighted by Crippen LogP contribution is -2.05. The molecule has 0 unspecified atom stereocenters. The van der Waals surface area contributed by atoms with Gasteiger partial charge >= 0.3 is 0 Å². The minimum absolute atomic E-state index is 0.0768. The number of pyridine rings is 1. The number of rotatable bonds is 3. The third kappa shape index (κ3) is 2.41. The topological polar surface area (TPSA) is 30.0 Å². The molecule has 1 aromatic heterocycles. The molecule has 0 fully saturated rings. The van der Waals surface area contributed by atoms with Gasteiger partial charge in [0.15, 0.2) is 5.78 Å². The predicted octanol–water partition coefficient (Wildman–Crippen LogP) is 3.18. The number of ketones is 1.